The lowest BCUT2D eigenvalue weighted by atomic mass is 9.98. The zero-order chi connectivity index (χ0) is 20.8. The zero-order valence-corrected chi connectivity index (χ0v) is 16.4. The molecule has 0 bridgehead atoms. The van der Waals surface area contributed by atoms with Crippen LogP contribution in [-0.4, -0.2) is 45.1 Å². The number of aromatic nitrogens is 3. The summed E-state index contributed by atoms with van der Waals surface area (Å²) in [5.41, 5.74) is 4.59. The molecule has 8 nitrogen and oxygen atoms in total. The second kappa shape index (κ2) is 6.98. The van der Waals surface area contributed by atoms with Crippen molar-refractivity contribution < 1.29 is 19.4 Å². The Bertz CT molecular complexity index is 1110. The number of carbonyl (C=O) groups excluding carboxylic acids is 1. The maximum absolute atomic E-state index is 12.9. The molecular formula is C22H20N4O4. The third-order valence-electron chi connectivity index (χ3n) is 5.62. The fourth-order valence-electron chi connectivity index (χ4n) is 4.32. The van der Waals surface area contributed by atoms with Crippen LogP contribution in [0.3, 0.4) is 0 Å². The Balaban J connectivity index is 1.39. The summed E-state index contributed by atoms with van der Waals surface area (Å²) < 4.78 is 7.17. The molecule has 0 spiro atoms. The van der Waals surface area contributed by atoms with E-state index in [2.05, 4.69) is 34.3 Å². The normalized spacial score (nSPS) is 17.2. The van der Waals surface area contributed by atoms with Gasteiger partial charge in [-0.05, 0) is 28.2 Å². The predicted octanol–water partition coefficient (Wildman–Crippen LogP) is 3.38. The third-order valence-corrected chi connectivity index (χ3v) is 5.62. The summed E-state index contributed by atoms with van der Waals surface area (Å²) in [5.74, 6) is -1.28. The monoisotopic (exact) mass is 404 g/mol. The first-order valence-corrected chi connectivity index (χ1v) is 9.83. The number of rotatable bonds is 3. The number of anilines is 1. The van der Waals surface area contributed by atoms with Crippen molar-refractivity contribution in [1.82, 2.24) is 14.8 Å². The van der Waals surface area contributed by atoms with Crippen LogP contribution < -0.4 is 4.90 Å². The van der Waals surface area contributed by atoms with Crippen LogP contribution in [0.1, 0.15) is 34.6 Å². The molecule has 0 saturated heterocycles. The Labute approximate surface area is 172 Å². The number of benzene rings is 2. The number of hydrogen-bond donors (Lipinski definition) is 1. The lowest BCUT2D eigenvalue weighted by molar-refractivity contribution is 0.0683. The van der Waals surface area contributed by atoms with Crippen LogP contribution in [0.2, 0.25) is 0 Å². The fourth-order valence-corrected chi connectivity index (χ4v) is 4.32. The number of carboxylic acids is 1. The molecule has 2 aliphatic rings. The number of carboxylic acid groups (broad SMARTS) is 1. The number of carbonyl (C=O) groups is 2. The van der Waals surface area contributed by atoms with Crippen molar-refractivity contribution in [2.45, 2.75) is 19.4 Å². The van der Waals surface area contributed by atoms with Crippen LogP contribution >= 0.6 is 0 Å². The molecule has 0 fully saturated rings. The van der Waals surface area contributed by atoms with Crippen LogP contribution in [0, 0.1) is 5.92 Å². The third kappa shape index (κ3) is 2.92. The Hall–Kier alpha value is -3.68. The molecule has 1 aliphatic carbocycles. The van der Waals surface area contributed by atoms with E-state index in [1.54, 1.807) is 0 Å². The number of ether oxygens (including phenoxy) is 1. The van der Waals surface area contributed by atoms with Gasteiger partial charge >= 0.3 is 12.1 Å². The van der Waals surface area contributed by atoms with Gasteiger partial charge in [-0.25, -0.2) is 19.2 Å². The van der Waals surface area contributed by atoms with Crippen LogP contribution in [0.4, 0.5) is 10.7 Å². The van der Waals surface area contributed by atoms with E-state index >= 15 is 0 Å². The molecule has 0 radical (unpaired) electrons. The molecule has 152 valence electrons. The second-order valence-electron chi connectivity index (χ2n) is 7.74. The van der Waals surface area contributed by atoms with Gasteiger partial charge in [-0.2, -0.15) is 4.98 Å². The summed E-state index contributed by atoms with van der Waals surface area (Å²) >= 11 is 0. The first kappa shape index (κ1) is 18.4. The van der Waals surface area contributed by atoms with Gasteiger partial charge < -0.3 is 9.84 Å². The highest BCUT2D eigenvalue weighted by Gasteiger charge is 2.34. The smallest absolute Gasteiger partial charge is 0.416 e. The summed E-state index contributed by atoms with van der Waals surface area (Å²) in [6.45, 7) is 3.06. The predicted molar refractivity (Wildman–Crippen MR) is 109 cm³/mol. The molecule has 1 N–H and O–H groups in total. The Morgan fingerprint density at radius 2 is 1.70 bits per heavy atom. The van der Waals surface area contributed by atoms with Gasteiger partial charge in [0.05, 0.1) is 0 Å². The zero-order valence-electron chi connectivity index (χ0n) is 16.4. The molecule has 30 heavy (non-hydrogen) atoms. The highest BCUT2D eigenvalue weighted by Crippen LogP contribution is 2.44. The number of aromatic carboxylic acids is 1. The minimum Gasteiger partial charge on any atom is -0.475 e. The standard InChI is InChI=1S/C22H20N4O4/c1-13-10-25(21-23-19(20(27)28)24-26(21)11-13)22(29)30-12-18-16-8-4-2-6-14(16)15-7-3-5-9-17(15)18/h2-9,13,18H,10-12H2,1H3,(H,27,28). The van der Waals surface area contributed by atoms with Gasteiger partial charge in [0.1, 0.15) is 6.61 Å². The summed E-state index contributed by atoms with van der Waals surface area (Å²) in [4.78, 5) is 29.6. The van der Waals surface area contributed by atoms with Gasteiger partial charge in [-0.1, -0.05) is 55.5 Å². The minimum absolute atomic E-state index is 0.0454. The van der Waals surface area contributed by atoms with E-state index < -0.39 is 12.1 Å². The number of nitrogens with zero attached hydrogens (tertiary/aromatic N) is 4. The van der Waals surface area contributed by atoms with E-state index in [1.165, 1.54) is 9.58 Å². The first-order chi connectivity index (χ1) is 14.5. The maximum atomic E-state index is 12.9. The highest BCUT2D eigenvalue weighted by atomic mass is 16.6. The lowest BCUT2D eigenvalue weighted by Gasteiger charge is -2.29. The highest BCUT2D eigenvalue weighted by molar-refractivity contribution is 5.88. The van der Waals surface area contributed by atoms with E-state index in [0.29, 0.717) is 13.1 Å². The molecule has 1 aromatic heterocycles. The molecule has 1 aliphatic heterocycles. The Kier molecular flexibility index (Phi) is 4.27. The quantitative estimate of drug-likeness (QED) is 0.719. The minimum atomic E-state index is -1.22. The first-order valence-electron chi connectivity index (χ1n) is 9.83. The number of fused-ring (bicyclic) bond motifs is 4. The molecule has 2 aromatic carbocycles. The number of amides is 1. The molecule has 5 rings (SSSR count). The Morgan fingerprint density at radius 3 is 2.33 bits per heavy atom. The SMILES string of the molecule is CC1CN(C(=O)OCC2c3ccccc3-c3ccccc32)c2nc(C(=O)O)nn2C1. The van der Waals surface area contributed by atoms with Crippen molar-refractivity contribution in [2.24, 2.45) is 5.92 Å². The molecule has 0 saturated carbocycles. The topological polar surface area (TPSA) is 97.6 Å². The van der Waals surface area contributed by atoms with Gasteiger partial charge in [0.15, 0.2) is 0 Å². The Morgan fingerprint density at radius 1 is 1.07 bits per heavy atom. The average molecular weight is 404 g/mol. The molecule has 8 heteroatoms. The largest absolute Gasteiger partial charge is 0.475 e. The van der Waals surface area contributed by atoms with Gasteiger partial charge in [0, 0.05) is 19.0 Å². The molecular weight excluding hydrogens is 384 g/mol. The van der Waals surface area contributed by atoms with E-state index in [-0.39, 0.29) is 30.2 Å². The molecule has 1 atom stereocenters. The summed E-state index contributed by atoms with van der Waals surface area (Å²) in [5, 5.41) is 13.2. The van der Waals surface area contributed by atoms with Gasteiger partial charge in [-0.15, -0.1) is 5.10 Å². The van der Waals surface area contributed by atoms with Crippen molar-refractivity contribution >= 4 is 18.0 Å². The second-order valence-corrected chi connectivity index (χ2v) is 7.74. The van der Waals surface area contributed by atoms with Gasteiger partial charge in [0.25, 0.3) is 5.82 Å². The van der Waals surface area contributed by atoms with Crippen LogP contribution in [-0.2, 0) is 11.3 Å². The summed E-state index contributed by atoms with van der Waals surface area (Å²) in [6.07, 6.45) is -0.547. The van der Waals surface area contributed by atoms with E-state index in [0.717, 1.165) is 22.3 Å². The van der Waals surface area contributed by atoms with Crippen molar-refractivity contribution in [2.75, 3.05) is 18.1 Å². The van der Waals surface area contributed by atoms with Crippen LogP contribution in [0.15, 0.2) is 48.5 Å². The molecule has 1 amide bonds. The average Bonchev–Trinajstić information content (AvgIpc) is 3.31. The lowest BCUT2D eigenvalue weighted by Crippen LogP contribution is -2.42. The van der Waals surface area contributed by atoms with Crippen molar-refractivity contribution in [3.8, 4) is 11.1 Å². The van der Waals surface area contributed by atoms with E-state index in [9.17, 15) is 14.7 Å². The van der Waals surface area contributed by atoms with Crippen molar-refractivity contribution in [3.63, 3.8) is 0 Å². The van der Waals surface area contributed by atoms with Crippen LogP contribution in [0.25, 0.3) is 11.1 Å². The molecule has 2 heterocycles. The number of hydrogen-bond acceptors (Lipinski definition) is 5. The summed E-state index contributed by atoms with van der Waals surface area (Å²) in [6, 6.07) is 16.3. The molecule has 3 aromatic rings. The molecule has 1 unspecified atom stereocenters. The van der Waals surface area contributed by atoms with Gasteiger partial charge in [-0.3, -0.25) is 0 Å². The fraction of sp³-hybridized carbons (Fsp3) is 0.273. The van der Waals surface area contributed by atoms with Crippen LogP contribution in [0.5, 0.6) is 0 Å². The van der Waals surface area contributed by atoms with Crippen molar-refractivity contribution in [3.05, 3.63) is 65.5 Å². The maximum Gasteiger partial charge on any atom is 0.416 e. The van der Waals surface area contributed by atoms with Crippen molar-refractivity contribution in [1.29, 1.82) is 0 Å². The van der Waals surface area contributed by atoms with E-state index in [4.69, 9.17) is 4.74 Å². The summed E-state index contributed by atoms with van der Waals surface area (Å²) in [7, 11) is 0. The van der Waals surface area contributed by atoms with E-state index in [1.807, 2.05) is 31.2 Å². The van der Waals surface area contributed by atoms with Gasteiger partial charge in [0.2, 0.25) is 5.95 Å².